The molecule has 2 aromatic heterocycles. The quantitative estimate of drug-likeness (QED) is 0.132. The number of aromatic nitrogens is 2. The zero-order chi connectivity index (χ0) is 31.6. The van der Waals surface area contributed by atoms with Gasteiger partial charge in [-0.15, -0.1) is 13.2 Å². The minimum absolute atomic E-state index is 0.0265. The molecular weight excluding hydrogens is 622 g/mol. The minimum Gasteiger partial charge on any atom is -0.405 e. The number of halogens is 4. The van der Waals surface area contributed by atoms with Gasteiger partial charge < -0.3 is 18.9 Å². The number of piperidine rings is 2. The van der Waals surface area contributed by atoms with Gasteiger partial charge in [0, 0.05) is 53.5 Å². The van der Waals surface area contributed by atoms with Gasteiger partial charge >= 0.3 is 6.36 Å². The summed E-state index contributed by atoms with van der Waals surface area (Å²) in [5.74, 6) is 0.528. The summed E-state index contributed by atoms with van der Waals surface area (Å²) in [5, 5.41) is 4.92. The molecule has 9 rings (SSSR count). The highest BCUT2D eigenvalue weighted by Gasteiger charge is 2.48. The molecule has 242 valence electrons. The van der Waals surface area contributed by atoms with Gasteiger partial charge in [-0.05, 0) is 56.4 Å². The summed E-state index contributed by atoms with van der Waals surface area (Å²) in [6.45, 7) is 1.57. The molecule has 7 nitrogen and oxygen atoms in total. The van der Waals surface area contributed by atoms with Crippen LogP contribution in [-0.4, -0.2) is 41.5 Å². The summed E-state index contributed by atoms with van der Waals surface area (Å²) in [4.78, 5) is 19.9. The predicted octanol–water partition coefficient (Wildman–Crippen LogP) is 8.67. The number of Topliss-reactive ketones (excluding diaryl/α,β-unsaturated/α-hetero) is 1. The van der Waals surface area contributed by atoms with Crippen molar-refractivity contribution in [3.05, 3.63) is 59.1 Å². The molecule has 0 N–H and O–H groups in total. The molecule has 12 heteroatoms. The van der Waals surface area contributed by atoms with Crippen molar-refractivity contribution in [3.63, 3.8) is 0 Å². The molecule has 2 atom stereocenters. The molecule has 4 heterocycles. The van der Waals surface area contributed by atoms with Crippen molar-refractivity contribution < 1.29 is 36.4 Å². The third-order valence-corrected chi connectivity index (χ3v) is 11.0. The maximum Gasteiger partial charge on any atom is 0.573 e. The predicted molar refractivity (Wildman–Crippen MR) is 163 cm³/mol. The monoisotopic (exact) mass is 655 g/mol. The first kappa shape index (κ1) is 29.9. The molecule has 0 radical (unpaired) electrons. The Hall–Kier alpha value is -3.51. The van der Waals surface area contributed by atoms with Gasteiger partial charge in [-0.1, -0.05) is 47.9 Å². The Morgan fingerprint density at radius 1 is 1.04 bits per heavy atom. The van der Waals surface area contributed by atoms with E-state index in [1.165, 1.54) is 29.5 Å². The molecule has 4 aromatic rings. The van der Waals surface area contributed by atoms with Crippen LogP contribution in [0.25, 0.3) is 21.5 Å². The number of nitrogens with zero attached hydrogens (tertiary/aromatic N) is 3. The van der Waals surface area contributed by atoms with E-state index in [2.05, 4.69) is 19.8 Å². The van der Waals surface area contributed by atoms with E-state index < -0.39 is 12.2 Å². The lowest BCUT2D eigenvalue weighted by atomic mass is 9.68. The number of benzene rings is 2. The maximum atomic E-state index is 15.2. The molecule has 5 aliphatic rings. The lowest BCUT2D eigenvalue weighted by molar-refractivity contribution is -0.274. The second-order valence-electron chi connectivity index (χ2n) is 13.1. The first-order valence-corrected chi connectivity index (χ1v) is 16.9. The van der Waals surface area contributed by atoms with E-state index in [4.69, 9.17) is 9.26 Å². The van der Waals surface area contributed by atoms with E-state index in [1.807, 2.05) is 0 Å². The van der Waals surface area contributed by atoms with Crippen LogP contribution in [0.4, 0.5) is 22.7 Å². The Bertz CT molecular complexity index is 1770. The standard InChI is InChI=1S/C34H33F4N3O4S/c35-25-13-20(30(42)18-6-2-1-3-7-18)14-27-29(25)39-33(46-27)41-15-21-12-22(16-41)31(21)43-17-24-28(40-45-32(24)19-10-11-19)23-8-4-5-9-26(23)44-34(36,37)38/h4-5,8-9,13-14,18-19,21-22,31H,1-3,6-7,10-12,15-17H2. The zero-order valence-electron chi connectivity index (χ0n) is 25.0. The number of alkyl halides is 3. The number of carbonyl (C=O) groups is 1. The van der Waals surface area contributed by atoms with Crippen molar-refractivity contribution in [2.45, 2.75) is 76.4 Å². The number of rotatable bonds is 9. The van der Waals surface area contributed by atoms with Crippen molar-refractivity contribution in [3.8, 4) is 17.0 Å². The van der Waals surface area contributed by atoms with E-state index >= 15 is 4.39 Å². The fourth-order valence-corrected chi connectivity index (χ4v) is 8.56. The maximum absolute atomic E-state index is 15.2. The molecule has 2 aromatic carbocycles. The van der Waals surface area contributed by atoms with Crippen molar-refractivity contribution in [2.24, 2.45) is 17.8 Å². The van der Waals surface area contributed by atoms with E-state index in [0.29, 0.717) is 45.9 Å². The number of para-hydroxylation sites is 1. The molecule has 0 spiro atoms. The molecule has 3 aliphatic carbocycles. The number of hydrogen-bond donors (Lipinski definition) is 0. The first-order chi connectivity index (χ1) is 22.2. The second-order valence-corrected chi connectivity index (χ2v) is 14.1. The lowest BCUT2D eigenvalue weighted by Gasteiger charge is -2.53. The molecule has 2 aliphatic heterocycles. The molecule has 2 unspecified atom stereocenters. The van der Waals surface area contributed by atoms with Crippen LogP contribution in [0.5, 0.6) is 5.75 Å². The summed E-state index contributed by atoms with van der Waals surface area (Å²) in [5.41, 5.74) is 1.93. The molecule has 5 fully saturated rings. The Labute approximate surface area is 266 Å². The SMILES string of the molecule is O=C(c1cc(F)c2nc(N3CC4CC(C3)C4OCc3c(-c4ccccc4OC(F)(F)F)noc3C3CC3)sc2c1)C1CCCCC1. The van der Waals surface area contributed by atoms with Crippen LogP contribution in [0, 0.1) is 23.6 Å². The highest BCUT2D eigenvalue weighted by molar-refractivity contribution is 7.22. The van der Waals surface area contributed by atoms with Crippen molar-refractivity contribution >= 4 is 32.5 Å². The summed E-state index contributed by atoms with van der Waals surface area (Å²) >= 11 is 1.42. The molecule has 0 amide bonds. The van der Waals surface area contributed by atoms with Gasteiger partial charge in [0.2, 0.25) is 0 Å². The van der Waals surface area contributed by atoms with Gasteiger partial charge in [0.1, 0.15) is 22.7 Å². The molecule has 3 saturated carbocycles. The Morgan fingerprint density at radius 2 is 1.80 bits per heavy atom. The average molecular weight is 656 g/mol. The van der Waals surface area contributed by atoms with Gasteiger partial charge in [-0.3, -0.25) is 4.79 Å². The summed E-state index contributed by atoms with van der Waals surface area (Å²) < 4.78 is 71.7. The van der Waals surface area contributed by atoms with Crippen LogP contribution in [0.15, 0.2) is 40.9 Å². The van der Waals surface area contributed by atoms with E-state index in [9.17, 15) is 18.0 Å². The number of hydrogen-bond acceptors (Lipinski definition) is 8. The number of anilines is 1. The van der Waals surface area contributed by atoms with Crippen LogP contribution in [-0.2, 0) is 11.3 Å². The molecular formula is C34H33F4N3O4S. The Balaban J connectivity index is 0.971. The average Bonchev–Trinajstić information content (AvgIpc) is 3.65. The van der Waals surface area contributed by atoms with Gasteiger partial charge in [-0.2, -0.15) is 0 Å². The summed E-state index contributed by atoms with van der Waals surface area (Å²) in [6, 6.07) is 9.10. The second kappa shape index (κ2) is 11.6. The third-order valence-electron chi connectivity index (χ3n) is 9.97. The Morgan fingerprint density at radius 3 is 2.54 bits per heavy atom. The number of fused-ring (bicyclic) bond motifs is 3. The summed E-state index contributed by atoms with van der Waals surface area (Å²) in [6.07, 6.45) is 2.97. The van der Waals surface area contributed by atoms with Crippen LogP contribution < -0.4 is 9.64 Å². The van der Waals surface area contributed by atoms with Crippen molar-refractivity contribution in [1.82, 2.24) is 10.1 Å². The number of thiazole rings is 1. The highest BCUT2D eigenvalue weighted by Crippen LogP contribution is 2.48. The van der Waals surface area contributed by atoms with Crippen LogP contribution in [0.1, 0.15) is 79.0 Å². The van der Waals surface area contributed by atoms with E-state index in [0.717, 1.165) is 56.5 Å². The molecule has 46 heavy (non-hydrogen) atoms. The lowest BCUT2D eigenvalue weighted by Crippen LogP contribution is -2.59. The largest absolute Gasteiger partial charge is 0.573 e. The topological polar surface area (TPSA) is 77.7 Å². The number of ketones is 1. The first-order valence-electron chi connectivity index (χ1n) is 16.1. The van der Waals surface area contributed by atoms with Crippen LogP contribution in [0.3, 0.4) is 0 Å². The fraction of sp³-hybridized carbons (Fsp3) is 0.500. The normalized spacial score (nSPS) is 23.5. The van der Waals surface area contributed by atoms with Gasteiger partial charge in [-0.25, -0.2) is 9.37 Å². The van der Waals surface area contributed by atoms with Gasteiger partial charge in [0.05, 0.1) is 17.4 Å². The van der Waals surface area contributed by atoms with E-state index in [1.54, 1.807) is 18.2 Å². The molecule has 2 saturated heterocycles. The van der Waals surface area contributed by atoms with Gasteiger partial charge in [0.25, 0.3) is 0 Å². The number of ether oxygens (including phenoxy) is 2. The van der Waals surface area contributed by atoms with E-state index in [-0.39, 0.29) is 53.5 Å². The van der Waals surface area contributed by atoms with Crippen LogP contribution >= 0.6 is 11.3 Å². The third kappa shape index (κ3) is 5.67. The minimum atomic E-state index is -4.84. The molecule has 2 bridgehead atoms. The van der Waals surface area contributed by atoms with Gasteiger partial charge in [0.15, 0.2) is 16.7 Å². The van der Waals surface area contributed by atoms with Crippen LogP contribution in [0.2, 0.25) is 0 Å². The highest BCUT2D eigenvalue weighted by atomic mass is 32.1. The zero-order valence-corrected chi connectivity index (χ0v) is 25.8. The number of carbonyl (C=O) groups excluding carboxylic acids is 1. The smallest absolute Gasteiger partial charge is 0.405 e. The van der Waals surface area contributed by atoms with Crippen molar-refractivity contribution in [1.29, 1.82) is 0 Å². The van der Waals surface area contributed by atoms with Crippen molar-refractivity contribution in [2.75, 3.05) is 18.0 Å². The Kier molecular flexibility index (Phi) is 7.55. The summed E-state index contributed by atoms with van der Waals surface area (Å²) in [7, 11) is 0. The fourth-order valence-electron chi connectivity index (χ4n) is 7.52.